The first-order valence-electron chi connectivity index (χ1n) is 9.79. The highest BCUT2D eigenvalue weighted by Gasteiger charge is 2.26. The van der Waals surface area contributed by atoms with Crippen molar-refractivity contribution in [1.82, 2.24) is 15.1 Å². The number of nitrogens with one attached hydrogen (secondary N) is 1. The minimum atomic E-state index is 0.786. The molecule has 0 spiro atoms. The van der Waals surface area contributed by atoms with E-state index in [4.69, 9.17) is 4.74 Å². The molecule has 5 nitrogen and oxygen atoms in total. The molecule has 0 radical (unpaired) electrons. The van der Waals surface area contributed by atoms with Gasteiger partial charge < -0.3 is 19.9 Å². The number of piperidine rings is 1. The highest BCUT2D eigenvalue weighted by atomic mass is 16.5. The van der Waals surface area contributed by atoms with Gasteiger partial charge in [0.2, 0.25) is 0 Å². The second-order valence-electron chi connectivity index (χ2n) is 7.37. The normalized spacial score (nSPS) is 26.5. The average Bonchev–Trinajstić information content (AvgIpc) is 3.09. The van der Waals surface area contributed by atoms with Crippen LogP contribution in [0.4, 0.5) is 0 Å². The van der Waals surface area contributed by atoms with Gasteiger partial charge in [-0.3, -0.25) is 4.99 Å². The molecule has 5 heteroatoms. The van der Waals surface area contributed by atoms with Crippen molar-refractivity contribution < 1.29 is 4.74 Å². The molecule has 3 aliphatic rings. The number of hydrogen-bond acceptors (Lipinski definition) is 3. The van der Waals surface area contributed by atoms with Crippen LogP contribution in [0.2, 0.25) is 0 Å². The molecule has 3 aliphatic heterocycles. The summed E-state index contributed by atoms with van der Waals surface area (Å²) in [4.78, 5) is 9.63. The van der Waals surface area contributed by atoms with Crippen LogP contribution in [0.25, 0.3) is 0 Å². The molecule has 0 bridgehead atoms. The summed E-state index contributed by atoms with van der Waals surface area (Å²) in [5.74, 6) is 1.89. The third-order valence-corrected chi connectivity index (χ3v) is 5.55. The Hall–Kier alpha value is -1.07. The Kier molecular flexibility index (Phi) is 6.97. The molecule has 3 rings (SSSR count). The summed E-state index contributed by atoms with van der Waals surface area (Å²) in [7, 11) is 1.91. The summed E-state index contributed by atoms with van der Waals surface area (Å²) < 4.78 is 5.37. The van der Waals surface area contributed by atoms with Crippen LogP contribution in [-0.2, 0) is 4.74 Å². The van der Waals surface area contributed by atoms with Gasteiger partial charge in [0.1, 0.15) is 0 Å². The summed E-state index contributed by atoms with van der Waals surface area (Å²) in [6.45, 7) is 8.84. The molecular weight excluding hydrogens is 300 g/mol. The molecule has 0 aromatic heterocycles. The fourth-order valence-corrected chi connectivity index (χ4v) is 4.14. The zero-order chi connectivity index (χ0) is 16.6. The van der Waals surface area contributed by atoms with Crippen LogP contribution in [0, 0.1) is 5.92 Å². The predicted octanol–water partition coefficient (Wildman–Crippen LogP) is 2.11. The van der Waals surface area contributed by atoms with Crippen molar-refractivity contribution in [2.75, 3.05) is 59.5 Å². The van der Waals surface area contributed by atoms with Gasteiger partial charge >= 0.3 is 0 Å². The molecule has 136 valence electrons. The first-order valence-corrected chi connectivity index (χ1v) is 9.79. The van der Waals surface area contributed by atoms with E-state index in [1.54, 1.807) is 0 Å². The minimum absolute atomic E-state index is 0.786. The van der Waals surface area contributed by atoms with Gasteiger partial charge in [-0.25, -0.2) is 0 Å². The maximum absolute atomic E-state index is 5.37. The van der Waals surface area contributed by atoms with Crippen LogP contribution < -0.4 is 5.32 Å². The lowest BCUT2D eigenvalue weighted by atomic mass is 10.1. The van der Waals surface area contributed by atoms with Crippen LogP contribution in [0.3, 0.4) is 0 Å². The first kappa shape index (κ1) is 17.7. The summed E-state index contributed by atoms with van der Waals surface area (Å²) in [5, 5.41) is 3.56. The van der Waals surface area contributed by atoms with Gasteiger partial charge in [-0.2, -0.15) is 0 Å². The van der Waals surface area contributed by atoms with Crippen molar-refractivity contribution in [3.8, 4) is 0 Å². The van der Waals surface area contributed by atoms with Gasteiger partial charge in [0, 0.05) is 33.2 Å². The molecule has 0 amide bonds. The molecule has 24 heavy (non-hydrogen) atoms. The van der Waals surface area contributed by atoms with E-state index >= 15 is 0 Å². The smallest absolute Gasteiger partial charge is 0.193 e. The highest BCUT2D eigenvalue weighted by Crippen LogP contribution is 2.20. The predicted molar refractivity (Wildman–Crippen MR) is 99.5 cm³/mol. The zero-order valence-corrected chi connectivity index (χ0v) is 15.3. The SMILES string of the molecule is CN=C(NCCC1=CCOCC1)N1CCC(CN2CCCCC2)C1. The Morgan fingerprint density at radius 3 is 2.92 bits per heavy atom. The van der Waals surface area contributed by atoms with E-state index in [9.17, 15) is 0 Å². The van der Waals surface area contributed by atoms with Gasteiger partial charge in [0.15, 0.2) is 5.96 Å². The third kappa shape index (κ3) is 5.21. The lowest BCUT2D eigenvalue weighted by molar-refractivity contribution is 0.153. The first-order chi connectivity index (χ1) is 11.8. The molecule has 3 heterocycles. The fourth-order valence-electron chi connectivity index (χ4n) is 4.14. The topological polar surface area (TPSA) is 40.1 Å². The fraction of sp³-hybridized carbons (Fsp3) is 0.842. The molecule has 2 saturated heterocycles. The zero-order valence-electron chi connectivity index (χ0n) is 15.3. The number of aliphatic imine (C=N–C) groups is 1. The number of ether oxygens (including phenoxy) is 1. The van der Waals surface area contributed by atoms with Gasteiger partial charge in [0.25, 0.3) is 0 Å². The minimum Gasteiger partial charge on any atom is -0.377 e. The van der Waals surface area contributed by atoms with E-state index in [2.05, 4.69) is 26.2 Å². The Labute approximate surface area is 147 Å². The molecule has 0 aromatic rings. The van der Waals surface area contributed by atoms with E-state index in [-0.39, 0.29) is 0 Å². The maximum atomic E-state index is 5.37. The lowest BCUT2D eigenvalue weighted by Crippen LogP contribution is -2.41. The van der Waals surface area contributed by atoms with E-state index in [1.807, 2.05) is 7.05 Å². The Morgan fingerprint density at radius 2 is 2.17 bits per heavy atom. The summed E-state index contributed by atoms with van der Waals surface area (Å²) in [5.41, 5.74) is 1.52. The maximum Gasteiger partial charge on any atom is 0.193 e. The van der Waals surface area contributed by atoms with Crippen LogP contribution >= 0.6 is 0 Å². The Balaban J connectivity index is 1.38. The van der Waals surface area contributed by atoms with Crippen molar-refractivity contribution in [3.63, 3.8) is 0 Å². The standard InChI is InChI=1S/C19H34N4O/c1-20-19(21-9-5-17-7-13-24-14-8-17)23-12-6-18(16-23)15-22-10-3-2-4-11-22/h7,18H,2-6,8-16H2,1H3,(H,20,21). The molecule has 0 aliphatic carbocycles. The van der Waals surface area contributed by atoms with Crippen molar-refractivity contribution in [3.05, 3.63) is 11.6 Å². The van der Waals surface area contributed by atoms with Crippen LogP contribution in [0.15, 0.2) is 16.6 Å². The second kappa shape index (κ2) is 9.42. The van der Waals surface area contributed by atoms with E-state index in [1.165, 1.54) is 50.9 Å². The van der Waals surface area contributed by atoms with Gasteiger partial charge in [-0.1, -0.05) is 18.1 Å². The second-order valence-corrected chi connectivity index (χ2v) is 7.37. The third-order valence-electron chi connectivity index (χ3n) is 5.55. The van der Waals surface area contributed by atoms with E-state index in [0.29, 0.717) is 0 Å². The molecule has 1 atom stereocenters. The molecule has 2 fully saturated rings. The number of hydrogen-bond donors (Lipinski definition) is 1. The number of likely N-dealkylation sites (tertiary alicyclic amines) is 2. The van der Waals surface area contributed by atoms with Gasteiger partial charge in [-0.15, -0.1) is 0 Å². The number of rotatable bonds is 5. The molecule has 1 N–H and O–H groups in total. The van der Waals surface area contributed by atoms with Crippen molar-refractivity contribution in [2.24, 2.45) is 10.9 Å². The molecule has 1 unspecified atom stereocenters. The molecular formula is C19H34N4O. The summed E-state index contributed by atoms with van der Waals surface area (Å²) in [6.07, 6.45) is 9.93. The van der Waals surface area contributed by atoms with Crippen LogP contribution in [0.5, 0.6) is 0 Å². The summed E-state index contributed by atoms with van der Waals surface area (Å²) >= 11 is 0. The van der Waals surface area contributed by atoms with Gasteiger partial charge in [-0.05, 0) is 51.1 Å². The number of guanidine groups is 1. The monoisotopic (exact) mass is 334 g/mol. The van der Waals surface area contributed by atoms with Crippen molar-refractivity contribution in [2.45, 2.75) is 38.5 Å². The van der Waals surface area contributed by atoms with Gasteiger partial charge in [0.05, 0.1) is 13.2 Å². The Morgan fingerprint density at radius 1 is 1.29 bits per heavy atom. The summed E-state index contributed by atoms with van der Waals surface area (Å²) in [6, 6.07) is 0. The van der Waals surface area contributed by atoms with E-state index < -0.39 is 0 Å². The Bertz CT molecular complexity index is 443. The van der Waals surface area contributed by atoms with E-state index in [0.717, 1.165) is 57.6 Å². The number of nitrogens with zero attached hydrogens (tertiary/aromatic N) is 3. The molecule has 0 aromatic carbocycles. The lowest BCUT2D eigenvalue weighted by Gasteiger charge is -2.29. The largest absolute Gasteiger partial charge is 0.377 e. The molecule has 0 saturated carbocycles. The highest BCUT2D eigenvalue weighted by molar-refractivity contribution is 5.80. The van der Waals surface area contributed by atoms with Crippen molar-refractivity contribution in [1.29, 1.82) is 0 Å². The van der Waals surface area contributed by atoms with Crippen molar-refractivity contribution >= 4 is 5.96 Å². The average molecular weight is 335 g/mol. The van der Waals surface area contributed by atoms with Crippen LogP contribution in [0.1, 0.15) is 38.5 Å². The quantitative estimate of drug-likeness (QED) is 0.475. The van der Waals surface area contributed by atoms with Crippen LogP contribution in [-0.4, -0.2) is 75.3 Å².